The van der Waals surface area contributed by atoms with E-state index in [0.29, 0.717) is 5.39 Å². The molecule has 0 atom stereocenters. The first-order valence-electron chi connectivity index (χ1n) is 9.19. The van der Waals surface area contributed by atoms with Gasteiger partial charge in [0.1, 0.15) is 0 Å². The Labute approximate surface area is 171 Å². The Morgan fingerprint density at radius 3 is 2.41 bits per heavy atom. The maximum Gasteiger partial charge on any atom is 0.266 e. The van der Waals surface area contributed by atoms with Crippen LogP contribution in [-0.2, 0) is 0 Å². The lowest BCUT2D eigenvalue weighted by atomic mass is 10.2. The zero-order valence-electron chi connectivity index (χ0n) is 16.0. The van der Waals surface area contributed by atoms with Gasteiger partial charge in [-0.25, -0.2) is 4.98 Å². The Morgan fingerprint density at radius 2 is 1.70 bits per heavy atom. The van der Waals surface area contributed by atoms with E-state index in [1.54, 1.807) is 21.2 Å². The quantitative estimate of drug-likeness (QED) is 0.435. The number of aromatic nitrogens is 2. The summed E-state index contributed by atoms with van der Waals surface area (Å²) < 4.78 is 1.78. The maximum atomic E-state index is 13.2. The number of nitrogens with zero attached hydrogens (tertiary/aromatic N) is 2. The molecule has 0 radical (unpaired) electrons. The van der Waals surface area contributed by atoms with Crippen LogP contribution in [-0.4, -0.2) is 34.9 Å². The van der Waals surface area contributed by atoms with Crippen LogP contribution >= 0.6 is 11.8 Å². The van der Waals surface area contributed by atoms with Crippen LogP contribution in [0.3, 0.4) is 0 Å². The first-order chi connectivity index (χ1) is 12.7. The summed E-state index contributed by atoms with van der Waals surface area (Å²) in [6.45, 7) is 9.75. The second-order valence-electron chi connectivity index (χ2n) is 6.39. The minimum atomic E-state index is 0. The van der Waals surface area contributed by atoms with E-state index in [-0.39, 0.29) is 18.0 Å². The van der Waals surface area contributed by atoms with Gasteiger partial charge in [-0.1, -0.05) is 42.1 Å². The summed E-state index contributed by atoms with van der Waals surface area (Å²) in [4.78, 5) is 19.6. The second-order valence-corrected chi connectivity index (χ2v) is 7.46. The molecule has 0 saturated heterocycles. The van der Waals surface area contributed by atoms with E-state index in [1.165, 1.54) is 0 Å². The average molecular weight is 404 g/mol. The van der Waals surface area contributed by atoms with Gasteiger partial charge in [0.15, 0.2) is 5.16 Å². The highest BCUT2D eigenvalue weighted by molar-refractivity contribution is 7.99. The van der Waals surface area contributed by atoms with Crippen molar-refractivity contribution in [3.63, 3.8) is 0 Å². The number of aryl methyl sites for hydroxylation is 1. The predicted octanol–water partition coefficient (Wildman–Crippen LogP) is -0.285. The summed E-state index contributed by atoms with van der Waals surface area (Å²) in [5.41, 5.74) is 2.75. The Balaban J connectivity index is 0.00000261. The minimum absolute atomic E-state index is 0. The second kappa shape index (κ2) is 9.93. The van der Waals surface area contributed by atoms with Gasteiger partial charge in [-0.2, -0.15) is 0 Å². The van der Waals surface area contributed by atoms with Crippen LogP contribution in [0.2, 0.25) is 0 Å². The van der Waals surface area contributed by atoms with Crippen molar-refractivity contribution in [1.82, 2.24) is 9.55 Å². The average Bonchev–Trinajstić information content (AvgIpc) is 2.66. The van der Waals surface area contributed by atoms with Crippen LogP contribution in [0.5, 0.6) is 0 Å². The lowest BCUT2D eigenvalue weighted by molar-refractivity contribution is -0.893. The SMILES string of the molecule is CC[NH+](CC)CCSc1nc2ccccc2c(=O)n1-c1ccccc1C.[Cl-]. The molecule has 0 saturated carbocycles. The standard InChI is InChI=1S/C21H25N3OS.ClH/c1-4-23(5-2)14-15-26-21-22-18-12-8-7-11-17(18)20(25)24(21)19-13-9-6-10-16(19)3;/h6-13H,4-5,14-15H2,1-3H3;1H. The van der Waals surface area contributed by atoms with E-state index in [0.717, 1.165) is 47.3 Å². The summed E-state index contributed by atoms with van der Waals surface area (Å²) >= 11 is 1.67. The van der Waals surface area contributed by atoms with Crippen molar-refractivity contribution in [2.45, 2.75) is 25.9 Å². The predicted molar refractivity (Wildman–Crippen MR) is 110 cm³/mol. The molecule has 6 heteroatoms. The van der Waals surface area contributed by atoms with Gasteiger partial charge in [0.25, 0.3) is 5.56 Å². The van der Waals surface area contributed by atoms with Gasteiger partial charge in [-0.3, -0.25) is 9.36 Å². The maximum absolute atomic E-state index is 13.2. The van der Waals surface area contributed by atoms with Gasteiger partial charge < -0.3 is 17.3 Å². The fourth-order valence-electron chi connectivity index (χ4n) is 3.13. The largest absolute Gasteiger partial charge is 1.00 e. The number of para-hydroxylation sites is 2. The van der Waals surface area contributed by atoms with Crippen molar-refractivity contribution in [2.75, 3.05) is 25.4 Å². The van der Waals surface area contributed by atoms with Crippen LogP contribution in [0.25, 0.3) is 16.6 Å². The molecule has 27 heavy (non-hydrogen) atoms. The third kappa shape index (κ3) is 4.72. The van der Waals surface area contributed by atoms with E-state index in [1.807, 2.05) is 55.5 Å². The molecular weight excluding hydrogens is 378 g/mol. The number of nitrogens with one attached hydrogen (secondary N) is 1. The molecule has 0 aliphatic rings. The molecule has 0 aliphatic carbocycles. The number of hydrogen-bond donors (Lipinski definition) is 1. The third-order valence-electron chi connectivity index (χ3n) is 4.79. The van der Waals surface area contributed by atoms with Gasteiger partial charge in [0.2, 0.25) is 0 Å². The number of benzene rings is 2. The summed E-state index contributed by atoms with van der Waals surface area (Å²) in [5.74, 6) is 0.938. The zero-order chi connectivity index (χ0) is 18.5. The molecule has 0 spiro atoms. The highest BCUT2D eigenvalue weighted by Crippen LogP contribution is 2.22. The van der Waals surface area contributed by atoms with E-state index in [9.17, 15) is 4.79 Å². The number of thioether (sulfide) groups is 1. The number of rotatable bonds is 7. The summed E-state index contributed by atoms with van der Waals surface area (Å²) in [6, 6.07) is 15.6. The molecule has 0 bridgehead atoms. The van der Waals surface area contributed by atoms with Crippen LogP contribution < -0.4 is 22.9 Å². The fourth-order valence-corrected chi connectivity index (χ4v) is 4.17. The van der Waals surface area contributed by atoms with Crippen LogP contribution in [0.4, 0.5) is 0 Å². The van der Waals surface area contributed by atoms with Crippen molar-refractivity contribution in [3.8, 4) is 5.69 Å². The normalized spacial score (nSPS) is 11.0. The molecular formula is C21H26ClN3OS. The molecule has 0 amide bonds. The minimum Gasteiger partial charge on any atom is -1.00 e. The first kappa shape index (κ1) is 21.5. The summed E-state index contributed by atoms with van der Waals surface area (Å²) in [5, 5.41) is 1.43. The van der Waals surface area contributed by atoms with Crippen LogP contribution in [0.15, 0.2) is 58.5 Å². The Morgan fingerprint density at radius 1 is 1.04 bits per heavy atom. The van der Waals surface area contributed by atoms with Gasteiger partial charge in [-0.15, -0.1) is 0 Å². The zero-order valence-corrected chi connectivity index (χ0v) is 17.6. The number of quaternary nitrogens is 1. The van der Waals surface area contributed by atoms with Crippen molar-refractivity contribution in [2.24, 2.45) is 0 Å². The monoisotopic (exact) mass is 403 g/mol. The van der Waals surface area contributed by atoms with E-state index in [4.69, 9.17) is 4.98 Å². The number of hydrogen-bond acceptors (Lipinski definition) is 3. The third-order valence-corrected chi connectivity index (χ3v) is 5.73. The highest BCUT2D eigenvalue weighted by Gasteiger charge is 2.15. The fraction of sp³-hybridized carbons (Fsp3) is 0.333. The summed E-state index contributed by atoms with van der Waals surface area (Å²) in [7, 11) is 0. The highest BCUT2D eigenvalue weighted by atomic mass is 35.5. The van der Waals surface area contributed by atoms with Crippen LogP contribution in [0, 0.1) is 6.92 Å². The van der Waals surface area contributed by atoms with Crippen LogP contribution in [0.1, 0.15) is 19.4 Å². The van der Waals surface area contributed by atoms with Gasteiger partial charge in [0, 0.05) is 0 Å². The lowest BCUT2D eigenvalue weighted by Gasteiger charge is -2.17. The molecule has 0 unspecified atom stereocenters. The first-order valence-corrected chi connectivity index (χ1v) is 10.2. The molecule has 1 aromatic heterocycles. The number of fused-ring (bicyclic) bond motifs is 1. The van der Waals surface area contributed by atoms with Gasteiger partial charge in [0.05, 0.1) is 42.0 Å². The molecule has 3 rings (SSSR count). The lowest BCUT2D eigenvalue weighted by Crippen LogP contribution is -3.11. The molecule has 144 valence electrons. The van der Waals surface area contributed by atoms with Crippen molar-refractivity contribution >= 4 is 22.7 Å². The Bertz CT molecular complexity index is 954. The Hall–Kier alpha value is -1.82. The van der Waals surface area contributed by atoms with Crippen molar-refractivity contribution in [1.29, 1.82) is 0 Å². The topological polar surface area (TPSA) is 39.3 Å². The molecule has 1 heterocycles. The molecule has 0 aliphatic heterocycles. The molecule has 2 aromatic carbocycles. The molecule has 1 N–H and O–H groups in total. The van der Waals surface area contributed by atoms with E-state index < -0.39 is 0 Å². The van der Waals surface area contributed by atoms with Crippen molar-refractivity contribution < 1.29 is 17.3 Å². The smallest absolute Gasteiger partial charge is 0.266 e. The Kier molecular flexibility index (Phi) is 7.90. The van der Waals surface area contributed by atoms with Gasteiger partial charge in [-0.05, 0) is 44.5 Å². The van der Waals surface area contributed by atoms with E-state index >= 15 is 0 Å². The molecule has 3 aromatic rings. The van der Waals surface area contributed by atoms with Crippen molar-refractivity contribution in [3.05, 3.63) is 64.4 Å². The molecule has 0 fully saturated rings. The van der Waals surface area contributed by atoms with Gasteiger partial charge >= 0.3 is 0 Å². The summed E-state index contributed by atoms with van der Waals surface area (Å²) in [6.07, 6.45) is 0. The number of halogens is 1. The molecule has 4 nitrogen and oxygen atoms in total. The van der Waals surface area contributed by atoms with E-state index in [2.05, 4.69) is 13.8 Å².